The molecule has 9 nitrogen and oxygen atoms in total. The molecule has 1 aromatic heterocycles. The number of esters is 1. The van der Waals surface area contributed by atoms with Gasteiger partial charge in [-0.25, -0.2) is 14.3 Å². The van der Waals surface area contributed by atoms with Crippen LogP contribution in [0, 0.1) is 0 Å². The number of benzene rings is 1. The molecular weight excluding hydrogens is 385 g/mol. The van der Waals surface area contributed by atoms with Crippen molar-refractivity contribution in [3.63, 3.8) is 0 Å². The van der Waals surface area contributed by atoms with Gasteiger partial charge in [0.15, 0.2) is 12.3 Å². The molecule has 0 saturated heterocycles. The average molecular weight is 400 g/mol. The Hall–Kier alpha value is -3.44. The number of urea groups is 1. The van der Waals surface area contributed by atoms with E-state index in [-0.39, 0.29) is 23.0 Å². The molecule has 0 saturated carbocycles. The standard InChI is InChI=1S/C16H15F3N4O5/c1-2-23-13(25)10-6-4-3-5-9(10)12(22-23)14(26)28-7-11(24)21-15(27)20-8-16(17,18)19/h3-6H,2,7-8H2,1H3,(H2,20,21,24,27). The maximum absolute atomic E-state index is 12.3. The molecule has 0 atom stereocenters. The quantitative estimate of drug-likeness (QED) is 0.722. The lowest BCUT2D eigenvalue weighted by Crippen LogP contribution is -2.44. The maximum Gasteiger partial charge on any atom is 0.405 e. The van der Waals surface area contributed by atoms with Crippen LogP contribution >= 0.6 is 0 Å². The van der Waals surface area contributed by atoms with Crippen molar-refractivity contribution in [2.45, 2.75) is 19.6 Å². The first-order chi connectivity index (χ1) is 13.1. The molecule has 3 amide bonds. The molecule has 0 unspecified atom stereocenters. The topological polar surface area (TPSA) is 119 Å². The summed E-state index contributed by atoms with van der Waals surface area (Å²) in [5.41, 5.74) is -0.625. The first-order valence-corrected chi connectivity index (χ1v) is 7.93. The van der Waals surface area contributed by atoms with Crippen molar-refractivity contribution in [2.24, 2.45) is 0 Å². The molecule has 0 fully saturated rings. The fourth-order valence-electron chi connectivity index (χ4n) is 2.19. The Morgan fingerprint density at radius 2 is 1.82 bits per heavy atom. The Balaban J connectivity index is 2.06. The minimum absolute atomic E-state index is 0.184. The van der Waals surface area contributed by atoms with Crippen molar-refractivity contribution < 1.29 is 32.3 Å². The van der Waals surface area contributed by atoms with Gasteiger partial charge in [-0.2, -0.15) is 18.3 Å². The number of hydrogen-bond donors (Lipinski definition) is 2. The molecule has 150 valence electrons. The van der Waals surface area contributed by atoms with Gasteiger partial charge in [0.05, 0.1) is 5.39 Å². The minimum Gasteiger partial charge on any atom is -0.451 e. The van der Waals surface area contributed by atoms with Gasteiger partial charge in [-0.3, -0.25) is 14.9 Å². The number of ether oxygens (including phenoxy) is 1. The van der Waals surface area contributed by atoms with Crippen molar-refractivity contribution in [3.05, 3.63) is 40.3 Å². The second kappa shape index (κ2) is 8.50. The molecule has 0 aliphatic heterocycles. The Kier molecular flexibility index (Phi) is 6.33. The Labute approximate surface area is 155 Å². The van der Waals surface area contributed by atoms with Crippen LogP contribution in [0.3, 0.4) is 0 Å². The Bertz CT molecular complexity index is 971. The Morgan fingerprint density at radius 3 is 2.43 bits per heavy atom. The SMILES string of the molecule is CCn1nc(C(=O)OCC(=O)NC(=O)NCC(F)(F)F)c2ccccc2c1=O. The third-order valence-corrected chi connectivity index (χ3v) is 3.40. The van der Waals surface area contributed by atoms with Gasteiger partial charge in [-0.15, -0.1) is 0 Å². The summed E-state index contributed by atoms with van der Waals surface area (Å²) in [7, 11) is 0. The number of aryl methyl sites for hydroxylation is 1. The van der Waals surface area contributed by atoms with Crippen molar-refractivity contribution in [1.29, 1.82) is 0 Å². The highest BCUT2D eigenvalue weighted by molar-refractivity contribution is 6.03. The monoisotopic (exact) mass is 400 g/mol. The molecule has 0 aliphatic carbocycles. The summed E-state index contributed by atoms with van der Waals surface area (Å²) in [5, 5.41) is 7.36. The molecule has 0 bridgehead atoms. The van der Waals surface area contributed by atoms with Crippen LogP contribution in [0.1, 0.15) is 17.4 Å². The number of nitrogens with zero attached hydrogens (tertiary/aromatic N) is 2. The lowest BCUT2D eigenvalue weighted by Gasteiger charge is -2.10. The number of hydrogen-bond acceptors (Lipinski definition) is 6. The summed E-state index contributed by atoms with van der Waals surface area (Å²) in [6, 6.07) is 4.77. The third-order valence-electron chi connectivity index (χ3n) is 3.40. The lowest BCUT2D eigenvalue weighted by atomic mass is 10.1. The van der Waals surface area contributed by atoms with Crippen LogP contribution in [0.2, 0.25) is 0 Å². The van der Waals surface area contributed by atoms with Gasteiger partial charge >= 0.3 is 18.2 Å². The van der Waals surface area contributed by atoms with Crippen LogP contribution in [-0.2, 0) is 16.1 Å². The minimum atomic E-state index is -4.64. The molecule has 0 radical (unpaired) electrons. The van der Waals surface area contributed by atoms with Gasteiger partial charge in [0.1, 0.15) is 6.54 Å². The molecule has 2 N–H and O–H groups in total. The number of halogens is 3. The van der Waals surface area contributed by atoms with Gasteiger partial charge in [0.25, 0.3) is 11.5 Å². The summed E-state index contributed by atoms with van der Waals surface area (Å²) in [4.78, 5) is 47.2. The van der Waals surface area contributed by atoms with Crippen molar-refractivity contribution in [3.8, 4) is 0 Å². The van der Waals surface area contributed by atoms with Gasteiger partial charge < -0.3 is 10.1 Å². The van der Waals surface area contributed by atoms with E-state index in [2.05, 4.69) is 5.10 Å². The molecule has 2 aromatic rings. The number of rotatable bonds is 5. The zero-order valence-electron chi connectivity index (χ0n) is 14.5. The van der Waals surface area contributed by atoms with E-state index >= 15 is 0 Å². The molecule has 28 heavy (non-hydrogen) atoms. The second-order valence-electron chi connectivity index (χ2n) is 5.44. The molecule has 1 heterocycles. The van der Waals surface area contributed by atoms with E-state index in [4.69, 9.17) is 4.74 Å². The largest absolute Gasteiger partial charge is 0.451 e. The number of amides is 3. The van der Waals surface area contributed by atoms with E-state index in [9.17, 15) is 32.3 Å². The molecule has 0 spiro atoms. The fourth-order valence-corrected chi connectivity index (χ4v) is 2.19. The zero-order chi connectivity index (χ0) is 20.9. The van der Waals surface area contributed by atoms with Crippen LogP contribution in [0.4, 0.5) is 18.0 Å². The lowest BCUT2D eigenvalue weighted by molar-refractivity contribution is -0.125. The van der Waals surface area contributed by atoms with E-state index < -0.39 is 42.8 Å². The predicted molar refractivity (Wildman–Crippen MR) is 89.6 cm³/mol. The summed E-state index contributed by atoms with van der Waals surface area (Å²) < 4.78 is 41.8. The van der Waals surface area contributed by atoms with Crippen LogP contribution in [0.5, 0.6) is 0 Å². The molecular formula is C16H15F3N4O5. The highest BCUT2D eigenvalue weighted by atomic mass is 19.4. The number of aromatic nitrogens is 2. The number of imide groups is 1. The van der Waals surface area contributed by atoms with Crippen LogP contribution < -0.4 is 16.2 Å². The van der Waals surface area contributed by atoms with Gasteiger partial charge in [0.2, 0.25) is 0 Å². The predicted octanol–water partition coefficient (Wildman–Crippen LogP) is 0.961. The normalized spacial score (nSPS) is 11.1. The molecule has 1 aromatic carbocycles. The first-order valence-electron chi connectivity index (χ1n) is 7.93. The summed E-state index contributed by atoms with van der Waals surface area (Å²) in [6.45, 7) is -0.727. The van der Waals surface area contributed by atoms with E-state index in [1.807, 2.05) is 0 Å². The first kappa shape index (κ1) is 20.9. The number of carbonyl (C=O) groups is 3. The van der Waals surface area contributed by atoms with E-state index in [1.54, 1.807) is 24.4 Å². The smallest absolute Gasteiger partial charge is 0.405 e. The third kappa shape index (κ3) is 5.28. The summed E-state index contributed by atoms with van der Waals surface area (Å²) >= 11 is 0. The average Bonchev–Trinajstić information content (AvgIpc) is 2.64. The van der Waals surface area contributed by atoms with Gasteiger partial charge in [-0.05, 0) is 13.0 Å². The van der Waals surface area contributed by atoms with E-state index in [1.165, 1.54) is 17.4 Å². The van der Waals surface area contributed by atoms with Gasteiger partial charge in [-0.1, -0.05) is 18.2 Å². The van der Waals surface area contributed by atoms with E-state index in [0.717, 1.165) is 4.68 Å². The maximum atomic E-state index is 12.3. The molecule has 12 heteroatoms. The van der Waals surface area contributed by atoms with Crippen molar-refractivity contribution in [1.82, 2.24) is 20.4 Å². The number of nitrogens with one attached hydrogen (secondary N) is 2. The molecule has 2 rings (SSSR count). The second-order valence-corrected chi connectivity index (χ2v) is 5.44. The highest BCUT2D eigenvalue weighted by Gasteiger charge is 2.28. The van der Waals surface area contributed by atoms with Crippen LogP contribution in [0.25, 0.3) is 10.8 Å². The molecule has 0 aliphatic rings. The van der Waals surface area contributed by atoms with Crippen LogP contribution in [-0.4, -0.2) is 47.0 Å². The van der Waals surface area contributed by atoms with Crippen molar-refractivity contribution in [2.75, 3.05) is 13.2 Å². The Morgan fingerprint density at radius 1 is 1.18 bits per heavy atom. The zero-order valence-corrected chi connectivity index (χ0v) is 14.5. The highest BCUT2D eigenvalue weighted by Crippen LogP contribution is 2.14. The summed E-state index contributed by atoms with van der Waals surface area (Å²) in [5.74, 6) is -2.18. The van der Waals surface area contributed by atoms with Gasteiger partial charge in [0, 0.05) is 11.9 Å². The van der Waals surface area contributed by atoms with Crippen molar-refractivity contribution >= 4 is 28.7 Å². The van der Waals surface area contributed by atoms with Crippen LogP contribution in [0.15, 0.2) is 29.1 Å². The number of carbonyl (C=O) groups excluding carboxylic acids is 3. The fraction of sp³-hybridized carbons (Fsp3) is 0.312. The number of fused-ring (bicyclic) bond motifs is 1. The number of alkyl halides is 3. The van der Waals surface area contributed by atoms with E-state index in [0.29, 0.717) is 0 Å². The summed E-state index contributed by atoms with van der Waals surface area (Å²) in [6.07, 6.45) is -4.64.